The van der Waals surface area contributed by atoms with Crippen LogP contribution in [0.4, 0.5) is 4.79 Å². The van der Waals surface area contributed by atoms with Crippen LogP contribution in [0.25, 0.3) is 0 Å². The average molecular weight is 358 g/mol. The lowest BCUT2D eigenvalue weighted by Gasteiger charge is -2.31. The molecule has 2 atom stereocenters. The molecule has 0 aromatic heterocycles. The molecule has 2 unspecified atom stereocenters. The zero-order chi connectivity index (χ0) is 18.5. The van der Waals surface area contributed by atoms with Gasteiger partial charge in [-0.25, -0.2) is 9.79 Å². The molecular weight excluding hydrogens is 332 g/mol. The minimum absolute atomic E-state index is 0.340. The van der Waals surface area contributed by atoms with Crippen LogP contribution in [-0.4, -0.2) is 31.4 Å². The van der Waals surface area contributed by atoms with Crippen molar-refractivity contribution in [3.63, 3.8) is 0 Å². The van der Waals surface area contributed by atoms with Crippen molar-refractivity contribution in [3.8, 4) is 5.75 Å². The summed E-state index contributed by atoms with van der Waals surface area (Å²) in [5, 5.41) is 2.80. The summed E-state index contributed by atoms with van der Waals surface area (Å²) in [6.45, 7) is 2.14. The standard InChI is InChI=1S/C20H26N2O4/c1-13-17(19(23)26-12-14-8-4-3-5-9-14)18(22-20(24)21-13)15-10-6-7-11-16(15)25-2/h6-7,10-11,14,17-18H,3-5,8-9,12H2,1-2H3,(H,22,24). The van der Waals surface area contributed by atoms with Crippen molar-refractivity contribution in [1.82, 2.24) is 5.32 Å². The Morgan fingerprint density at radius 1 is 1.23 bits per heavy atom. The number of methoxy groups -OCH3 is 1. The Balaban J connectivity index is 1.79. The molecule has 140 valence electrons. The largest absolute Gasteiger partial charge is 0.496 e. The Kier molecular flexibility index (Phi) is 5.91. The summed E-state index contributed by atoms with van der Waals surface area (Å²) in [4.78, 5) is 28.7. The first-order valence-corrected chi connectivity index (χ1v) is 9.25. The highest BCUT2D eigenvalue weighted by molar-refractivity contribution is 6.08. The van der Waals surface area contributed by atoms with Gasteiger partial charge in [0.25, 0.3) is 0 Å². The van der Waals surface area contributed by atoms with Crippen LogP contribution in [-0.2, 0) is 9.53 Å². The number of rotatable bonds is 5. The van der Waals surface area contributed by atoms with Crippen LogP contribution in [0, 0.1) is 11.8 Å². The van der Waals surface area contributed by atoms with Gasteiger partial charge in [0, 0.05) is 11.3 Å². The minimum atomic E-state index is -0.646. The van der Waals surface area contributed by atoms with Crippen LogP contribution >= 0.6 is 0 Å². The highest BCUT2D eigenvalue weighted by Crippen LogP contribution is 2.34. The average Bonchev–Trinajstić information content (AvgIpc) is 2.66. The molecule has 2 aliphatic rings. The molecule has 1 aromatic carbocycles. The number of esters is 1. The molecule has 0 spiro atoms. The van der Waals surface area contributed by atoms with E-state index in [-0.39, 0.29) is 5.97 Å². The lowest BCUT2D eigenvalue weighted by Crippen LogP contribution is -2.44. The number of hydrogen-bond acceptors (Lipinski definition) is 4. The molecule has 1 aromatic rings. The van der Waals surface area contributed by atoms with Crippen molar-refractivity contribution in [2.75, 3.05) is 13.7 Å². The fraction of sp³-hybridized carbons (Fsp3) is 0.550. The first-order valence-electron chi connectivity index (χ1n) is 9.25. The van der Waals surface area contributed by atoms with Crippen molar-refractivity contribution in [2.24, 2.45) is 16.8 Å². The monoisotopic (exact) mass is 358 g/mol. The number of para-hydroxylation sites is 1. The second kappa shape index (κ2) is 8.34. The van der Waals surface area contributed by atoms with Gasteiger partial charge < -0.3 is 14.8 Å². The SMILES string of the molecule is COc1ccccc1C1NC(=O)N=C(C)C1C(=O)OCC1CCCCC1. The van der Waals surface area contributed by atoms with Crippen molar-refractivity contribution >= 4 is 17.7 Å². The van der Waals surface area contributed by atoms with Crippen LogP contribution in [0.3, 0.4) is 0 Å². The predicted molar refractivity (Wildman–Crippen MR) is 98.4 cm³/mol. The molecule has 0 bridgehead atoms. The highest BCUT2D eigenvalue weighted by Gasteiger charge is 2.39. The van der Waals surface area contributed by atoms with Gasteiger partial charge in [0.2, 0.25) is 0 Å². The van der Waals surface area contributed by atoms with Crippen LogP contribution < -0.4 is 10.1 Å². The molecule has 2 amide bonds. The molecular formula is C20H26N2O4. The first-order chi connectivity index (χ1) is 12.6. The molecule has 1 saturated carbocycles. The first kappa shape index (κ1) is 18.4. The zero-order valence-corrected chi connectivity index (χ0v) is 15.4. The Morgan fingerprint density at radius 2 is 1.96 bits per heavy atom. The van der Waals surface area contributed by atoms with Crippen LogP contribution in [0.1, 0.15) is 50.6 Å². The Morgan fingerprint density at radius 3 is 2.69 bits per heavy atom. The topological polar surface area (TPSA) is 77.0 Å². The minimum Gasteiger partial charge on any atom is -0.496 e. The molecule has 3 rings (SSSR count). The number of aliphatic imine (C=N–C) groups is 1. The van der Waals surface area contributed by atoms with E-state index in [0.717, 1.165) is 18.4 Å². The van der Waals surface area contributed by atoms with Gasteiger partial charge in [-0.1, -0.05) is 37.5 Å². The van der Waals surface area contributed by atoms with Gasteiger partial charge >= 0.3 is 12.0 Å². The molecule has 6 heteroatoms. The summed E-state index contributed by atoms with van der Waals surface area (Å²) in [5.41, 5.74) is 1.22. The number of hydrogen-bond donors (Lipinski definition) is 1. The van der Waals surface area contributed by atoms with E-state index in [2.05, 4.69) is 10.3 Å². The summed E-state index contributed by atoms with van der Waals surface area (Å²) < 4.78 is 11.0. The summed E-state index contributed by atoms with van der Waals surface area (Å²) in [6.07, 6.45) is 5.88. The Hall–Kier alpha value is -2.37. The number of amides is 2. The maximum absolute atomic E-state index is 12.8. The van der Waals surface area contributed by atoms with E-state index in [1.807, 2.05) is 24.3 Å². The summed E-state index contributed by atoms with van der Waals surface area (Å²) >= 11 is 0. The van der Waals surface area contributed by atoms with Crippen LogP contribution in [0.5, 0.6) is 5.75 Å². The smallest absolute Gasteiger partial charge is 0.341 e. The Labute approximate surface area is 154 Å². The lowest BCUT2D eigenvalue weighted by molar-refractivity contribution is -0.148. The fourth-order valence-corrected chi connectivity index (χ4v) is 3.85. The van der Waals surface area contributed by atoms with Gasteiger partial charge in [0.05, 0.1) is 19.8 Å². The normalized spacial score (nSPS) is 23.8. The summed E-state index contributed by atoms with van der Waals surface area (Å²) in [6, 6.07) is 6.38. The molecule has 26 heavy (non-hydrogen) atoms. The predicted octanol–water partition coefficient (Wildman–Crippen LogP) is 3.66. The summed E-state index contributed by atoms with van der Waals surface area (Å²) in [7, 11) is 1.57. The van der Waals surface area contributed by atoms with Crippen molar-refractivity contribution < 1.29 is 19.1 Å². The van der Waals surface area contributed by atoms with Crippen molar-refractivity contribution in [1.29, 1.82) is 0 Å². The number of nitrogens with one attached hydrogen (secondary N) is 1. The Bertz CT molecular complexity index is 695. The second-order valence-corrected chi connectivity index (χ2v) is 7.03. The lowest BCUT2D eigenvalue weighted by atomic mass is 9.87. The van der Waals surface area contributed by atoms with Crippen molar-refractivity contribution in [3.05, 3.63) is 29.8 Å². The molecule has 1 heterocycles. The second-order valence-electron chi connectivity index (χ2n) is 7.03. The molecule has 1 aliphatic heterocycles. The van der Waals surface area contributed by atoms with Crippen molar-refractivity contribution in [2.45, 2.75) is 45.1 Å². The van der Waals surface area contributed by atoms with Gasteiger partial charge in [-0.2, -0.15) is 0 Å². The highest BCUT2D eigenvalue weighted by atomic mass is 16.5. The van der Waals surface area contributed by atoms with E-state index in [1.54, 1.807) is 14.0 Å². The van der Waals surface area contributed by atoms with E-state index in [0.29, 0.717) is 24.0 Å². The van der Waals surface area contributed by atoms with Gasteiger partial charge in [0.15, 0.2) is 0 Å². The van der Waals surface area contributed by atoms with E-state index >= 15 is 0 Å². The maximum atomic E-state index is 12.8. The number of carbonyl (C=O) groups excluding carboxylic acids is 2. The zero-order valence-electron chi connectivity index (χ0n) is 15.4. The molecule has 0 radical (unpaired) electrons. The van der Waals surface area contributed by atoms with Crippen LogP contribution in [0.15, 0.2) is 29.3 Å². The van der Waals surface area contributed by atoms with E-state index < -0.39 is 18.0 Å². The third kappa shape index (κ3) is 4.06. The van der Waals surface area contributed by atoms with Gasteiger partial charge in [0.1, 0.15) is 11.7 Å². The number of carbonyl (C=O) groups is 2. The van der Waals surface area contributed by atoms with Gasteiger partial charge in [-0.15, -0.1) is 0 Å². The molecule has 1 fully saturated rings. The van der Waals surface area contributed by atoms with Gasteiger partial charge in [-0.05, 0) is 31.7 Å². The number of urea groups is 1. The quantitative estimate of drug-likeness (QED) is 0.815. The molecule has 0 saturated heterocycles. The number of nitrogens with zero attached hydrogens (tertiary/aromatic N) is 1. The fourth-order valence-electron chi connectivity index (χ4n) is 3.85. The third-order valence-corrected chi connectivity index (χ3v) is 5.25. The van der Waals surface area contributed by atoms with E-state index in [9.17, 15) is 9.59 Å². The maximum Gasteiger partial charge on any atom is 0.341 e. The number of benzene rings is 1. The molecule has 1 aliphatic carbocycles. The third-order valence-electron chi connectivity index (χ3n) is 5.25. The van der Waals surface area contributed by atoms with Crippen LogP contribution in [0.2, 0.25) is 0 Å². The van der Waals surface area contributed by atoms with E-state index in [4.69, 9.17) is 9.47 Å². The van der Waals surface area contributed by atoms with Gasteiger partial charge in [-0.3, -0.25) is 4.79 Å². The number of ether oxygens (including phenoxy) is 2. The molecule has 1 N–H and O–H groups in total. The summed E-state index contributed by atoms with van der Waals surface area (Å²) in [5.74, 6) is 0.0748. The molecule has 6 nitrogen and oxygen atoms in total. The van der Waals surface area contributed by atoms with E-state index in [1.165, 1.54) is 19.3 Å².